The molecule has 0 aliphatic rings. The van der Waals surface area contributed by atoms with Crippen LogP contribution in [0.3, 0.4) is 0 Å². The molecular weight excluding hydrogens is 192 g/mol. The van der Waals surface area contributed by atoms with Gasteiger partial charge in [-0.15, -0.1) is 6.58 Å². The quantitative estimate of drug-likeness (QED) is 0.661. The van der Waals surface area contributed by atoms with Gasteiger partial charge in [0.25, 0.3) is 0 Å². The fourth-order valence-electron chi connectivity index (χ4n) is 0.793. The van der Waals surface area contributed by atoms with E-state index in [-0.39, 0.29) is 29.8 Å². The van der Waals surface area contributed by atoms with Crippen LogP contribution in [0.5, 0.6) is 0 Å². The molecule has 0 aliphatic carbocycles. The number of hydrogen-bond donors (Lipinski definition) is 0. The van der Waals surface area contributed by atoms with Crippen molar-refractivity contribution in [3.05, 3.63) is 12.3 Å². The molecule has 0 aliphatic heterocycles. The molecule has 1 nitrogen and oxygen atoms in total. The smallest absolute Gasteiger partial charge is 0.158 e. The van der Waals surface area contributed by atoms with E-state index < -0.39 is 8.07 Å². The van der Waals surface area contributed by atoms with E-state index in [1.807, 2.05) is 0 Å². The van der Waals surface area contributed by atoms with Gasteiger partial charge in [0, 0.05) is 5.22 Å². The maximum absolute atomic E-state index is 5.81. The van der Waals surface area contributed by atoms with Crippen molar-refractivity contribution in [3.8, 4) is 0 Å². The van der Waals surface area contributed by atoms with Crippen LogP contribution in [0, 0.1) is 0 Å². The third kappa shape index (κ3) is 4.79. The molecule has 82 valence electrons. The summed E-state index contributed by atoms with van der Waals surface area (Å²) in [5.41, 5.74) is 2.11. The molecule has 0 bridgehead atoms. The van der Waals surface area contributed by atoms with Crippen molar-refractivity contribution in [1.82, 2.24) is 0 Å². The Kier molecular flexibility index (Phi) is 9.51. The first-order chi connectivity index (χ1) is 4.87. The Balaban J connectivity index is -0.000000500. The highest BCUT2D eigenvalue weighted by Gasteiger charge is 2.36. The Labute approximate surface area is 88.5 Å². The largest absolute Gasteiger partial charge is 0.422 e. The van der Waals surface area contributed by atoms with E-state index in [4.69, 9.17) is 4.43 Å². The summed E-state index contributed by atoms with van der Waals surface area (Å²) in [6.07, 6.45) is 0. The lowest BCUT2D eigenvalue weighted by Gasteiger charge is -2.37. The molecule has 0 saturated heterocycles. The standard InChI is InChI=1S/C8H20OSi2.2CH4/c1-7-11(5,6)8(2,3)9-10-4;;/h7H,1,10H2,2-6H3;2*1H4. The summed E-state index contributed by atoms with van der Waals surface area (Å²) in [6, 6.07) is 0. The Morgan fingerprint density at radius 1 is 1.31 bits per heavy atom. The highest BCUT2D eigenvalue weighted by Crippen LogP contribution is 2.24. The highest BCUT2D eigenvalue weighted by atomic mass is 28.3. The first-order valence-corrected chi connectivity index (χ1v) is 9.22. The first-order valence-electron chi connectivity index (χ1n) is 4.15. The fourth-order valence-corrected chi connectivity index (χ4v) is 3.93. The van der Waals surface area contributed by atoms with E-state index in [0.717, 1.165) is 0 Å². The molecule has 0 heterocycles. The van der Waals surface area contributed by atoms with E-state index >= 15 is 0 Å². The molecule has 0 spiro atoms. The Morgan fingerprint density at radius 2 is 1.69 bits per heavy atom. The summed E-state index contributed by atoms with van der Waals surface area (Å²) < 4.78 is 5.81. The van der Waals surface area contributed by atoms with Crippen LogP contribution in [-0.2, 0) is 4.43 Å². The normalized spacial score (nSPS) is 12.1. The van der Waals surface area contributed by atoms with Gasteiger partial charge < -0.3 is 4.43 Å². The maximum Gasteiger partial charge on any atom is 0.158 e. The highest BCUT2D eigenvalue weighted by molar-refractivity contribution is 6.84. The molecule has 0 aromatic rings. The lowest BCUT2D eigenvalue weighted by Crippen LogP contribution is -2.51. The van der Waals surface area contributed by atoms with Gasteiger partial charge in [-0.1, -0.05) is 40.2 Å². The summed E-state index contributed by atoms with van der Waals surface area (Å²) in [6.45, 7) is 15.0. The SMILES string of the molecule is C.C.C=C[Si](C)(C)C(C)(C)O[SiH2]C. The van der Waals surface area contributed by atoms with Crippen molar-refractivity contribution >= 4 is 17.8 Å². The van der Waals surface area contributed by atoms with Crippen molar-refractivity contribution in [3.63, 3.8) is 0 Å². The topological polar surface area (TPSA) is 9.23 Å². The third-order valence-corrected chi connectivity index (χ3v) is 8.13. The van der Waals surface area contributed by atoms with Gasteiger partial charge in [0.2, 0.25) is 0 Å². The second-order valence-corrected chi connectivity index (χ2v) is 9.79. The molecule has 0 radical (unpaired) electrons. The van der Waals surface area contributed by atoms with Crippen LogP contribution in [-0.4, -0.2) is 23.1 Å². The Morgan fingerprint density at radius 3 is 1.92 bits per heavy atom. The van der Waals surface area contributed by atoms with Crippen LogP contribution in [0.1, 0.15) is 28.7 Å². The zero-order valence-electron chi connectivity index (χ0n) is 8.40. The summed E-state index contributed by atoms with van der Waals surface area (Å²) in [7, 11) is -1.64. The fraction of sp³-hybridized carbons (Fsp3) is 0.800. The summed E-state index contributed by atoms with van der Waals surface area (Å²) in [5, 5.41) is 0.0791. The maximum atomic E-state index is 5.81. The summed E-state index contributed by atoms with van der Waals surface area (Å²) in [4.78, 5) is 0. The van der Waals surface area contributed by atoms with Crippen LogP contribution in [0.4, 0.5) is 0 Å². The molecule has 0 rings (SSSR count). The molecule has 0 amide bonds. The Hall–Kier alpha value is 0.134. The zero-order valence-corrected chi connectivity index (χ0v) is 10.8. The van der Waals surface area contributed by atoms with Crippen molar-refractivity contribution < 1.29 is 4.43 Å². The predicted molar refractivity (Wildman–Crippen MR) is 70.7 cm³/mol. The lowest BCUT2D eigenvalue weighted by molar-refractivity contribution is 0.198. The minimum Gasteiger partial charge on any atom is -0.422 e. The van der Waals surface area contributed by atoms with Crippen LogP contribution in [0.15, 0.2) is 12.3 Å². The minimum atomic E-state index is -1.35. The third-order valence-electron chi connectivity index (χ3n) is 2.57. The molecule has 0 atom stereocenters. The van der Waals surface area contributed by atoms with Crippen molar-refractivity contribution in [1.29, 1.82) is 0 Å². The van der Waals surface area contributed by atoms with Gasteiger partial charge in [-0.2, -0.15) is 0 Å². The lowest BCUT2D eigenvalue weighted by atomic mass is 10.5. The van der Waals surface area contributed by atoms with Gasteiger partial charge in [-0.25, -0.2) is 0 Å². The van der Waals surface area contributed by atoms with Crippen molar-refractivity contribution in [2.45, 2.75) is 53.6 Å². The molecular formula is C10H28OSi2. The van der Waals surface area contributed by atoms with E-state index in [2.05, 4.69) is 45.8 Å². The molecule has 0 aromatic heterocycles. The van der Waals surface area contributed by atoms with Crippen molar-refractivity contribution in [2.24, 2.45) is 0 Å². The van der Waals surface area contributed by atoms with E-state index in [0.29, 0.717) is 0 Å². The van der Waals surface area contributed by atoms with Crippen LogP contribution < -0.4 is 0 Å². The second-order valence-electron chi connectivity index (χ2n) is 3.87. The molecule has 0 N–H and O–H groups in total. The summed E-state index contributed by atoms with van der Waals surface area (Å²) in [5.74, 6) is 0. The van der Waals surface area contributed by atoms with Crippen molar-refractivity contribution in [2.75, 3.05) is 0 Å². The molecule has 0 saturated carbocycles. The predicted octanol–water partition coefficient (Wildman–Crippen LogP) is 3.16. The van der Waals surface area contributed by atoms with Gasteiger partial charge in [-0.3, -0.25) is 0 Å². The minimum absolute atomic E-state index is 0. The molecule has 13 heavy (non-hydrogen) atoms. The number of hydrogen-bond acceptors (Lipinski definition) is 1. The average molecular weight is 221 g/mol. The monoisotopic (exact) mass is 220 g/mol. The van der Waals surface area contributed by atoms with Crippen LogP contribution in [0.25, 0.3) is 0 Å². The first kappa shape index (κ1) is 18.8. The van der Waals surface area contributed by atoms with Gasteiger partial charge in [0.05, 0.1) is 0 Å². The van der Waals surface area contributed by atoms with E-state index in [1.54, 1.807) is 0 Å². The Bertz CT molecular complexity index is 142. The van der Waals surface area contributed by atoms with Gasteiger partial charge >= 0.3 is 0 Å². The number of rotatable bonds is 4. The van der Waals surface area contributed by atoms with E-state index in [1.165, 1.54) is 0 Å². The van der Waals surface area contributed by atoms with Gasteiger partial charge in [0.15, 0.2) is 9.76 Å². The average Bonchev–Trinajstić information content (AvgIpc) is 1.87. The van der Waals surface area contributed by atoms with Crippen LogP contribution in [0.2, 0.25) is 19.6 Å². The molecule has 0 unspecified atom stereocenters. The van der Waals surface area contributed by atoms with Gasteiger partial charge in [-0.05, 0) is 13.8 Å². The van der Waals surface area contributed by atoms with Crippen LogP contribution >= 0.6 is 0 Å². The van der Waals surface area contributed by atoms with Gasteiger partial charge in [0.1, 0.15) is 8.07 Å². The zero-order chi connectivity index (χ0) is 9.12. The summed E-state index contributed by atoms with van der Waals surface area (Å²) >= 11 is 0. The van der Waals surface area contributed by atoms with E-state index in [9.17, 15) is 0 Å². The molecule has 0 fully saturated rings. The molecule has 0 aromatic carbocycles. The molecule has 3 heteroatoms. The second kappa shape index (κ2) is 6.57.